The van der Waals surface area contributed by atoms with Gasteiger partial charge in [-0.25, -0.2) is 22.2 Å². The lowest BCUT2D eigenvalue weighted by molar-refractivity contribution is 0.102. The molecular formula is C17H13F2N3O3S3. The van der Waals surface area contributed by atoms with Crippen molar-refractivity contribution in [3.8, 4) is 0 Å². The molecule has 0 saturated carbocycles. The lowest BCUT2D eigenvalue weighted by Gasteiger charge is -2.25. The van der Waals surface area contributed by atoms with Gasteiger partial charge in [-0.15, -0.1) is 11.3 Å². The Morgan fingerprint density at radius 2 is 2.07 bits per heavy atom. The first kappa shape index (κ1) is 19.1. The second-order valence-corrected chi connectivity index (χ2v) is 9.79. The van der Waals surface area contributed by atoms with Crippen LogP contribution in [-0.4, -0.2) is 30.2 Å². The molecule has 1 N–H and O–H groups in total. The maximum absolute atomic E-state index is 14.0. The number of carbonyl (C=O) groups excluding carboxylic acids is 1. The number of thiazole rings is 1. The van der Waals surface area contributed by atoms with Crippen molar-refractivity contribution in [3.05, 3.63) is 62.8 Å². The Morgan fingerprint density at radius 3 is 2.79 bits per heavy atom. The molecule has 146 valence electrons. The zero-order valence-electron chi connectivity index (χ0n) is 14.2. The van der Waals surface area contributed by atoms with Gasteiger partial charge in [-0.2, -0.15) is 15.6 Å². The summed E-state index contributed by atoms with van der Waals surface area (Å²) in [6.07, 6.45) is 0.336. The van der Waals surface area contributed by atoms with Crippen molar-refractivity contribution in [2.75, 3.05) is 11.9 Å². The van der Waals surface area contributed by atoms with E-state index < -0.39 is 26.6 Å². The second-order valence-electron chi connectivity index (χ2n) is 6.02. The van der Waals surface area contributed by atoms with Crippen molar-refractivity contribution >= 4 is 43.7 Å². The number of amides is 1. The van der Waals surface area contributed by atoms with E-state index in [9.17, 15) is 22.0 Å². The van der Waals surface area contributed by atoms with Gasteiger partial charge in [0.05, 0.1) is 17.8 Å². The van der Waals surface area contributed by atoms with E-state index in [1.807, 2.05) is 0 Å². The number of nitrogens with one attached hydrogen (secondary N) is 1. The zero-order chi connectivity index (χ0) is 19.9. The fourth-order valence-electron chi connectivity index (χ4n) is 2.82. The molecule has 1 aliphatic heterocycles. The molecule has 1 aliphatic rings. The monoisotopic (exact) mass is 441 g/mol. The van der Waals surface area contributed by atoms with Crippen molar-refractivity contribution in [2.45, 2.75) is 17.9 Å². The smallest absolute Gasteiger partial charge is 0.258 e. The highest BCUT2D eigenvalue weighted by atomic mass is 32.2. The summed E-state index contributed by atoms with van der Waals surface area (Å²) in [7, 11) is -4.12. The number of sulfonamides is 1. The van der Waals surface area contributed by atoms with Crippen LogP contribution in [0.15, 0.2) is 39.9 Å². The van der Waals surface area contributed by atoms with E-state index in [0.717, 1.165) is 16.4 Å². The van der Waals surface area contributed by atoms with E-state index in [0.29, 0.717) is 33.8 Å². The number of hydrogen-bond acceptors (Lipinski definition) is 6. The minimum absolute atomic E-state index is 0.0144. The normalized spacial score (nSPS) is 14.6. The van der Waals surface area contributed by atoms with Gasteiger partial charge in [0, 0.05) is 29.3 Å². The molecule has 0 fully saturated rings. The van der Waals surface area contributed by atoms with E-state index in [2.05, 4.69) is 10.3 Å². The van der Waals surface area contributed by atoms with E-state index in [4.69, 9.17) is 0 Å². The predicted octanol–water partition coefficient (Wildman–Crippen LogP) is 3.48. The minimum Gasteiger partial charge on any atom is -0.298 e. The molecule has 3 heterocycles. The lowest BCUT2D eigenvalue weighted by atomic mass is 10.2. The Hall–Kier alpha value is -2.21. The van der Waals surface area contributed by atoms with Crippen LogP contribution in [0.4, 0.5) is 13.9 Å². The molecule has 0 bridgehead atoms. The van der Waals surface area contributed by atoms with Crippen LogP contribution in [0, 0.1) is 11.6 Å². The fraction of sp³-hybridized carbons (Fsp3) is 0.176. The molecule has 3 aromatic rings. The molecule has 0 unspecified atom stereocenters. The van der Waals surface area contributed by atoms with Crippen LogP contribution < -0.4 is 5.32 Å². The molecule has 0 radical (unpaired) electrons. The summed E-state index contributed by atoms with van der Waals surface area (Å²) in [5.41, 5.74) is 1.23. The number of hydrogen-bond donors (Lipinski definition) is 1. The number of aromatic nitrogens is 1. The van der Waals surface area contributed by atoms with Crippen molar-refractivity contribution in [1.82, 2.24) is 9.29 Å². The van der Waals surface area contributed by atoms with Gasteiger partial charge in [0.1, 0.15) is 16.5 Å². The van der Waals surface area contributed by atoms with Gasteiger partial charge in [0.25, 0.3) is 5.91 Å². The van der Waals surface area contributed by atoms with Gasteiger partial charge in [0.2, 0.25) is 10.0 Å². The maximum Gasteiger partial charge on any atom is 0.258 e. The number of rotatable bonds is 4. The average molecular weight is 442 g/mol. The third kappa shape index (κ3) is 3.58. The van der Waals surface area contributed by atoms with Crippen molar-refractivity contribution in [1.29, 1.82) is 0 Å². The summed E-state index contributed by atoms with van der Waals surface area (Å²) < 4.78 is 53.7. The highest BCUT2D eigenvalue weighted by molar-refractivity contribution is 7.89. The van der Waals surface area contributed by atoms with Crippen LogP contribution in [0.2, 0.25) is 0 Å². The minimum atomic E-state index is -4.12. The van der Waals surface area contributed by atoms with Gasteiger partial charge in [-0.3, -0.25) is 10.1 Å². The van der Waals surface area contributed by atoms with Crippen molar-refractivity contribution < 1.29 is 22.0 Å². The quantitative estimate of drug-likeness (QED) is 0.672. The second kappa shape index (κ2) is 7.32. The summed E-state index contributed by atoms with van der Waals surface area (Å²) in [5, 5.41) is 6.60. The number of benzene rings is 1. The third-order valence-electron chi connectivity index (χ3n) is 4.21. The first-order valence-electron chi connectivity index (χ1n) is 8.12. The first-order chi connectivity index (χ1) is 13.3. The summed E-state index contributed by atoms with van der Waals surface area (Å²) in [6.45, 7) is 0.133. The van der Waals surface area contributed by atoms with E-state index in [-0.39, 0.29) is 19.0 Å². The largest absolute Gasteiger partial charge is 0.298 e. The first-order valence-corrected chi connectivity index (χ1v) is 11.3. The van der Waals surface area contributed by atoms with Crippen LogP contribution in [-0.2, 0) is 23.0 Å². The fourth-order valence-corrected chi connectivity index (χ4v) is 6.01. The Kier molecular flexibility index (Phi) is 5.00. The van der Waals surface area contributed by atoms with Gasteiger partial charge in [0.15, 0.2) is 5.13 Å². The molecule has 0 saturated heterocycles. The molecule has 0 atom stereocenters. The standard InChI is InChI=1S/C17H13F2N3O3S3/c18-11-1-2-15(12(19)7-11)28(24,25)22-5-3-13-14(8-22)27-17(20-13)21-16(23)10-4-6-26-9-10/h1-2,4,6-7,9H,3,5,8H2,(H,20,21,23). The SMILES string of the molecule is O=C(Nc1nc2c(s1)CN(S(=O)(=O)c1ccc(F)cc1F)CC2)c1ccsc1. The van der Waals surface area contributed by atoms with E-state index >= 15 is 0 Å². The Labute approximate surface area is 167 Å². The Balaban J connectivity index is 1.55. The van der Waals surface area contributed by atoms with Gasteiger partial charge in [-0.1, -0.05) is 0 Å². The number of thiophene rings is 1. The van der Waals surface area contributed by atoms with Crippen LogP contribution in [0.1, 0.15) is 20.9 Å². The number of halogens is 2. The predicted molar refractivity (Wildman–Crippen MR) is 102 cm³/mol. The van der Waals surface area contributed by atoms with Crippen LogP contribution in [0.3, 0.4) is 0 Å². The van der Waals surface area contributed by atoms with Crippen LogP contribution in [0.25, 0.3) is 0 Å². The summed E-state index contributed by atoms with van der Waals surface area (Å²) in [4.78, 5) is 16.6. The summed E-state index contributed by atoms with van der Waals surface area (Å²) >= 11 is 2.59. The number of carbonyl (C=O) groups is 1. The van der Waals surface area contributed by atoms with Crippen LogP contribution >= 0.6 is 22.7 Å². The Morgan fingerprint density at radius 1 is 1.25 bits per heavy atom. The Bertz CT molecular complexity index is 1140. The molecule has 1 amide bonds. The molecule has 11 heteroatoms. The molecule has 6 nitrogen and oxygen atoms in total. The molecular weight excluding hydrogens is 428 g/mol. The zero-order valence-corrected chi connectivity index (χ0v) is 16.6. The molecule has 4 rings (SSSR count). The summed E-state index contributed by atoms with van der Waals surface area (Å²) in [5.74, 6) is -2.25. The lowest BCUT2D eigenvalue weighted by Crippen LogP contribution is -2.36. The molecule has 1 aromatic carbocycles. The summed E-state index contributed by atoms with van der Waals surface area (Å²) in [6, 6.07) is 4.08. The van der Waals surface area contributed by atoms with Gasteiger partial charge >= 0.3 is 0 Å². The molecule has 0 aliphatic carbocycles. The number of anilines is 1. The highest BCUT2D eigenvalue weighted by Crippen LogP contribution is 2.32. The molecule has 0 spiro atoms. The maximum atomic E-state index is 14.0. The van der Waals surface area contributed by atoms with Gasteiger partial charge in [-0.05, 0) is 23.6 Å². The van der Waals surface area contributed by atoms with Gasteiger partial charge < -0.3 is 0 Å². The number of nitrogens with zero attached hydrogens (tertiary/aromatic N) is 2. The highest BCUT2D eigenvalue weighted by Gasteiger charge is 2.32. The topological polar surface area (TPSA) is 79.4 Å². The van der Waals surface area contributed by atoms with Crippen molar-refractivity contribution in [3.63, 3.8) is 0 Å². The molecule has 28 heavy (non-hydrogen) atoms. The van der Waals surface area contributed by atoms with E-state index in [1.54, 1.807) is 16.8 Å². The van der Waals surface area contributed by atoms with Crippen LogP contribution in [0.5, 0.6) is 0 Å². The van der Waals surface area contributed by atoms with Crippen molar-refractivity contribution in [2.24, 2.45) is 0 Å². The third-order valence-corrected chi connectivity index (χ3v) is 7.77. The number of fused-ring (bicyclic) bond motifs is 1. The molecule has 2 aromatic heterocycles. The van der Waals surface area contributed by atoms with E-state index in [1.165, 1.54) is 22.7 Å². The average Bonchev–Trinajstić information content (AvgIpc) is 3.30.